The van der Waals surface area contributed by atoms with Crippen LogP contribution in [0.25, 0.3) is 10.9 Å². The van der Waals surface area contributed by atoms with Crippen molar-refractivity contribution in [2.24, 2.45) is 0 Å². The lowest BCUT2D eigenvalue weighted by Crippen LogP contribution is -2.07. The molecule has 0 saturated heterocycles. The van der Waals surface area contributed by atoms with Crippen molar-refractivity contribution >= 4 is 16.6 Å². The van der Waals surface area contributed by atoms with E-state index in [1.54, 1.807) is 6.07 Å². The van der Waals surface area contributed by atoms with Gasteiger partial charge < -0.3 is 5.32 Å². The molecule has 2 heterocycles. The van der Waals surface area contributed by atoms with Crippen LogP contribution in [0.1, 0.15) is 37.4 Å². The third-order valence-electron chi connectivity index (χ3n) is 4.59. The zero-order chi connectivity index (χ0) is 16.5. The Morgan fingerprint density at radius 2 is 2.00 bits per heavy atom. The van der Waals surface area contributed by atoms with Crippen LogP contribution >= 0.6 is 0 Å². The Balaban J connectivity index is 1.55. The molecule has 0 bridgehead atoms. The third-order valence-corrected chi connectivity index (χ3v) is 4.59. The maximum atomic E-state index is 13.8. The van der Waals surface area contributed by atoms with Crippen LogP contribution in [0.2, 0.25) is 0 Å². The minimum Gasteiger partial charge on any atom is -0.379 e. The van der Waals surface area contributed by atoms with Crippen molar-refractivity contribution in [3.8, 4) is 0 Å². The molecule has 124 valence electrons. The van der Waals surface area contributed by atoms with Gasteiger partial charge in [0.15, 0.2) is 5.82 Å². The Kier molecular flexibility index (Phi) is 3.88. The highest BCUT2D eigenvalue weighted by molar-refractivity contribution is 5.91. The second-order valence-corrected chi connectivity index (χ2v) is 6.22. The van der Waals surface area contributed by atoms with Gasteiger partial charge in [0.25, 0.3) is 0 Å². The van der Waals surface area contributed by atoms with Crippen LogP contribution in [-0.2, 0) is 6.54 Å². The lowest BCUT2D eigenvalue weighted by atomic mass is 10.1. The van der Waals surface area contributed by atoms with E-state index in [4.69, 9.17) is 0 Å². The quantitative estimate of drug-likeness (QED) is 0.770. The predicted octanol–water partition coefficient (Wildman–Crippen LogP) is 4.44. The molecule has 4 rings (SSSR count). The molecule has 2 aromatic heterocycles. The van der Waals surface area contributed by atoms with Crippen LogP contribution in [-0.4, -0.2) is 14.8 Å². The molecule has 1 aromatic carbocycles. The average molecular weight is 328 g/mol. The summed E-state index contributed by atoms with van der Waals surface area (Å²) in [6.07, 6.45) is 8.42. The van der Waals surface area contributed by atoms with Crippen molar-refractivity contribution in [3.63, 3.8) is 0 Å². The second kappa shape index (κ2) is 6.19. The summed E-state index contributed by atoms with van der Waals surface area (Å²) in [5.41, 5.74) is 1.72. The van der Waals surface area contributed by atoms with E-state index in [-0.39, 0.29) is 5.52 Å². The molecule has 6 heteroatoms. The molecule has 1 aliphatic rings. The van der Waals surface area contributed by atoms with E-state index in [1.807, 2.05) is 16.9 Å². The van der Waals surface area contributed by atoms with E-state index in [2.05, 4.69) is 15.4 Å². The van der Waals surface area contributed by atoms with Crippen molar-refractivity contribution < 1.29 is 8.78 Å². The van der Waals surface area contributed by atoms with Gasteiger partial charge in [0, 0.05) is 29.5 Å². The maximum absolute atomic E-state index is 13.8. The summed E-state index contributed by atoms with van der Waals surface area (Å²) >= 11 is 0. The fourth-order valence-electron chi connectivity index (χ4n) is 3.36. The van der Waals surface area contributed by atoms with Crippen molar-refractivity contribution in [3.05, 3.63) is 54.0 Å². The molecule has 1 N–H and O–H groups in total. The van der Waals surface area contributed by atoms with E-state index in [0.29, 0.717) is 23.7 Å². The zero-order valence-electron chi connectivity index (χ0n) is 13.2. The van der Waals surface area contributed by atoms with Crippen molar-refractivity contribution in [2.75, 3.05) is 5.32 Å². The lowest BCUT2D eigenvalue weighted by molar-refractivity contribution is 0.463. The molecule has 0 amide bonds. The Morgan fingerprint density at radius 1 is 1.17 bits per heavy atom. The summed E-state index contributed by atoms with van der Waals surface area (Å²) in [5.74, 6) is -1.26. The topological polar surface area (TPSA) is 42.7 Å². The number of nitrogens with one attached hydrogen (secondary N) is 1. The molecule has 4 nitrogen and oxygen atoms in total. The van der Waals surface area contributed by atoms with Crippen LogP contribution < -0.4 is 5.32 Å². The second-order valence-electron chi connectivity index (χ2n) is 6.22. The van der Waals surface area contributed by atoms with Crippen molar-refractivity contribution in [2.45, 2.75) is 38.3 Å². The van der Waals surface area contributed by atoms with E-state index < -0.39 is 11.6 Å². The summed E-state index contributed by atoms with van der Waals surface area (Å²) in [7, 11) is 0. The number of pyridine rings is 1. The highest BCUT2D eigenvalue weighted by atomic mass is 19.1. The first-order valence-corrected chi connectivity index (χ1v) is 8.22. The number of anilines is 1. The zero-order valence-corrected chi connectivity index (χ0v) is 13.2. The summed E-state index contributed by atoms with van der Waals surface area (Å²) in [6.45, 7) is 0.497. The average Bonchev–Trinajstić information content (AvgIpc) is 3.24. The molecular weight excluding hydrogens is 310 g/mol. The van der Waals surface area contributed by atoms with Crippen molar-refractivity contribution in [1.82, 2.24) is 14.8 Å². The molecule has 0 atom stereocenters. The number of hydrogen-bond donors (Lipinski definition) is 1. The monoisotopic (exact) mass is 328 g/mol. The smallest absolute Gasteiger partial charge is 0.152 e. The van der Waals surface area contributed by atoms with Gasteiger partial charge >= 0.3 is 0 Å². The largest absolute Gasteiger partial charge is 0.379 e. The minimum absolute atomic E-state index is 0.165. The Morgan fingerprint density at radius 3 is 2.83 bits per heavy atom. The molecular formula is C18H18F2N4. The van der Waals surface area contributed by atoms with Crippen LogP contribution in [0.15, 0.2) is 36.7 Å². The van der Waals surface area contributed by atoms with Gasteiger partial charge in [-0.15, -0.1) is 0 Å². The molecule has 0 aliphatic heterocycles. The van der Waals surface area contributed by atoms with Gasteiger partial charge in [-0.25, -0.2) is 8.78 Å². The first-order valence-electron chi connectivity index (χ1n) is 8.22. The summed E-state index contributed by atoms with van der Waals surface area (Å²) in [6, 6.07) is 6.35. The van der Waals surface area contributed by atoms with Gasteiger partial charge in [0.05, 0.1) is 18.3 Å². The first-order chi connectivity index (χ1) is 11.7. The number of hydrogen-bond acceptors (Lipinski definition) is 3. The summed E-state index contributed by atoms with van der Waals surface area (Å²) in [5, 5.41) is 8.26. The predicted molar refractivity (Wildman–Crippen MR) is 88.7 cm³/mol. The van der Waals surface area contributed by atoms with Crippen LogP contribution in [0.3, 0.4) is 0 Å². The maximum Gasteiger partial charge on any atom is 0.152 e. The van der Waals surface area contributed by atoms with E-state index in [9.17, 15) is 8.78 Å². The Labute approximate surface area is 138 Å². The number of nitrogens with zero attached hydrogens (tertiary/aromatic N) is 3. The number of fused-ring (bicyclic) bond motifs is 1. The number of rotatable bonds is 4. The summed E-state index contributed by atoms with van der Waals surface area (Å²) < 4.78 is 29.4. The molecule has 1 saturated carbocycles. The normalized spacial score (nSPS) is 15.2. The van der Waals surface area contributed by atoms with Gasteiger partial charge in [-0.3, -0.25) is 9.67 Å². The van der Waals surface area contributed by atoms with E-state index in [0.717, 1.165) is 11.8 Å². The number of halogens is 2. The fraction of sp³-hybridized carbons (Fsp3) is 0.333. The van der Waals surface area contributed by atoms with Crippen molar-refractivity contribution in [1.29, 1.82) is 0 Å². The SMILES string of the molecule is Fc1cc(F)c2nccc(NCc3ccn(C4CCCC4)n3)c2c1. The number of benzene rings is 1. The number of aromatic nitrogens is 3. The van der Waals surface area contributed by atoms with Gasteiger partial charge in [-0.1, -0.05) is 12.8 Å². The van der Waals surface area contributed by atoms with E-state index in [1.165, 1.54) is 37.9 Å². The van der Waals surface area contributed by atoms with Crippen LogP contribution in [0, 0.1) is 11.6 Å². The Hall–Kier alpha value is -2.50. The van der Waals surface area contributed by atoms with Gasteiger partial charge in [-0.05, 0) is 31.0 Å². The van der Waals surface area contributed by atoms with Crippen LogP contribution in [0.5, 0.6) is 0 Å². The molecule has 0 spiro atoms. The molecule has 0 radical (unpaired) electrons. The molecule has 3 aromatic rings. The molecule has 1 aliphatic carbocycles. The van der Waals surface area contributed by atoms with Gasteiger partial charge in [0.1, 0.15) is 11.3 Å². The molecule has 24 heavy (non-hydrogen) atoms. The van der Waals surface area contributed by atoms with Gasteiger partial charge in [0.2, 0.25) is 0 Å². The summed E-state index contributed by atoms with van der Waals surface area (Å²) in [4.78, 5) is 3.99. The Bertz CT molecular complexity index is 869. The molecule has 1 fully saturated rings. The van der Waals surface area contributed by atoms with Gasteiger partial charge in [-0.2, -0.15) is 5.10 Å². The minimum atomic E-state index is -0.654. The third kappa shape index (κ3) is 2.84. The highest BCUT2D eigenvalue weighted by Crippen LogP contribution is 2.29. The lowest BCUT2D eigenvalue weighted by Gasteiger charge is -2.10. The standard InChI is InChI=1S/C18H18F2N4/c19-12-9-15-17(5-7-21-18(15)16(20)10-12)22-11-13-6-8-24(23-13)14-3-1-2-4-14/h5-10,14H,1-4,11H2,(H,21,22). The first kappa shape index (κ1) is 15.1. The highest BCUT2D eigenvalue weighted by Gasteiger charge is 2.17. The molecule has 0 unspecified atom stereocenters. The van der Waals surface area contributed by atoms with E-state index >= 15 is 0 Å². The fourth-order valence-corrected chi connectivity index (χ4v) is 3.36. The van der Waals surface area contributed by atoms with Crippen LogP contribution in [0.4, 0.5) is 14.5 Å².